The number of carbonyl (C=O) groups is 1. The number of nitrogens with one attached hydrogen (secondary N) is 1. The number of ether oxygens (including phenoxy) is 6. The SMILES string of the molecule is CC/C=C\C/C=C\C/C=C\C/C=C\C/C=C\C/C=C\C/C=C\C/C=C\C/C=C\C/C=C\C/C=C\C/C=C\CCCCC(=O)NC(COC1OC(CO)C(OC2OC(CO)C(OC3OC(CO)C(O)C(O)C3O)C(O)C2O)C(O)C1O)C(O)CCCCCCCCCCCCCCCCCCCCC. The van der Waals surface area contributed by atoms with Crippen LogP contribution >= 0.6 is 0 Å². The minimum absolute atomic E-state index is 0.202. The molecule has 3 aliphatic heterocycles. The molecule has 19 nitrogen and oxygen atoms in total. The molecule has 3 fully saturated rings. The van der Waals surface area contributed by atoms with Gasteiger partial charge < -0.3 is 89.9 Å². The summed E-state index contributed by atoms with van der Waals surface area (Å²) in [5, 5.41) is 121. The first-order valence-corrected chi connectivity index (χ1v) is 39.6. The third-order valence-corrected chi connectivity index (χ3v) is 18.7. The molecule has 0 aromatic rings. The third-order valence-electron chi connectivity index (χ3n) is 18.7. The van der Waals surface area contributed by atoms with Crippen molar-refractivity contribution in [3.05, 3.63) is 146 Å². The lowest BCUT2D eigenvalue weighted by Gasteiger charge is -2.48. The lowest BCUT2D eigenvalue weighted by atomic mass is 9.96. The Morgan fingerprint density at radius 3 is 1.03 bits per heavy atom. The monoisotopic (exact) mass is 1450 g/mol. The standard InChI is InChI=1S/C84H139NO18/c1-3-5-7-9-11-13-15-17-19-21-23-24-25-26-27-28-29-30-31-32-33-34-35-36-37-38-39-40-41-42-44-46-48-50-52-54-56-58-60-62-72(90)85-67(68(89)61-59-57-55-53-51-49-47-45-43-22-20-18-16-14-12-10-8-6-4-2)66-98-82-78(96)75(93)80(70(64-87)100-82)103-84-79(97)76(94)81(71(65-88)101-84)102-83-77(95)74(92)73(91)69(63-86)99-83/h5,7,11,13,17,19,23-24,26-27,29-30,32-33,35-36,38-39,41-42,46,48,52,54,67-71,73-84,86-89,91-97H,3-4,6,8-10,12,14-16,18,20-22,25,28,31,34,37,40,43-45,47,49-51,53,55-66H2,1-2H3,(H,85,90)/b7-5-,13-11-,19-17-,24-23-,27-26-,30-29-,33-32-,36-35-,39-38-,42-41-,48-46-,54-52-. The van der Waals surface area contributed by atoms with Crippen LogP contribution in [-0.2, 0) is 33.2 Å². The Kier molecular flexibility index (Phi) is 56.5. The van der Waals surface area contributed by atoms with E-state index in [1.54, 1.807) is 0 Å². The highest BCUT2D eigenvalue weighted by atomic mass is 16.8. The van der Waals surface area contributed by atoms with Crippen LogP contribution in [0.15, 0.2) is 146 Å². The van der Waals surface area contributed by atoms with Crippen molar-refractivity contribution in [1.82, 2.24) is 5.32 Å². The van der Waals surface area contributed by atoms with Crippen LogP contribution in [0.3, 0.4) is 0 Å². The number of hydrogen-bond acceptors (Lipinski definition) is 18. The van der Waals surface area contributed by atoms with E-state index in [0.29, 0.717) is 19.3 Å². The fourth-order valence-electron chi connectivity index (χ4n) is 12.4. The first kappa shape index (κ1) is 92.9. The Hall–Kier alpha value is -4.33. The molecule has 103 heavy (non-hydrogen) atoms. The summed E-state index contributed by atoms with van der Waals surface area (Å²) in [7, 11) is 0. The van der Waals surface area contributed by atoms with E-state index >= 15 is 0 Å². The zero-order valence-corrected chi connectivity index (χ0v) is 62.7. The maximum Gasteiger partial charge on any atom is 0.220 e. The largest absolute Gasteiger partial charge is 0.394 e. The normalized spacial score (nSPS) is 26.9. The van der Waals surface area contributed by atoms with Crippen molar-refractivity contribution in [2.24, 2.45) is 0 Å². The van der Waals surface area contributed by atoms with Crippen molar-refractivity contribution in [3.8, 4) is 0 Å². The molecule has 19 heteroatoms. The highest BCUT2D eigenvalue weighted by Gasteiger charge is 2.54. The Morgan fingerprint density at radius 1 is 0.359 bits per heavy atom. The second-order valence-electron chi connectivity index (χ2n) is 27.4. The Labute approximate surface area is 619 Å². The molecule has 12 N–H and O–H groups in total. The van der Waals surface area contributed by atoms with Crippen molar-refractivity contribution in [2.45, 2.75) is 349 Å². The van der Waals surface area contributed by atoms with Gasteiger partial charge >= 0.3 is 0 Å². The maximum absolute atomic E-state index is 13.5. The van der Waals surface area contributed by atoms with Gasteiger partial charge in [0.15, 0.2) is 18.9 Å². The van der Waals surface area contributed by atoms with Crippen molar-refractivity contribution >= 4 is 5.91 Å². The maximum atomic E-state index is 13.5. The quantitative estimate of drug-likeness (QED) is 0.0199. The average Bonchev–Trinajstić information content (AvgIpc) is 0.781. The predicted octanol–water partition coefficient (Wildman–Crippen LogP) is 13.1. The van der Waals surface area contributed by atoms with Crippen molar-refractivity contribution in [2.75, 3.05) is 26.4 Å². The van der Waals surface area contributed by atoms with Crippen LogP contribution in [0.25, 0.3) is 0 Å². The summed E-state index contributed by atoms with van der Waals surface area (Å²) in [5.74, 6) is -0.289. The van der Waals surface area contributed by atoms with Crippen molar-refractivity contribution in [3.63, 3.8) is 0 Å². The molecule has 0 aliphatic carbocycles. The van der Waals surface area contributed by atoms with Crippen molar-refractivity contribution in [1.29, 1.82) is 0 Å². The Morgan fingerprint density at radius 2 is 0.670 bits per heavy atom. The Balaban J connectivity index is 1.38. The summed E-state index contributed by atoms with van der Waals surface area (Å²) in [4.78, 5) is 13.5. The summed E-state index contributed by atoms with van der Waals surface area (Å²) < 4.78 is 34.4. The van der Waals surface area contributed by atoms with E-state index in [2.05, 4.69) is 165 Å². The van der Waals surface area contributed by atoms with Gasteiger partial charge in [0.1, 0.15) is 73.2 Å². The van der Waals surface area contributed by atoms with Gasteiger partial charge in [-0.25, -0.2) is 0 Å². The van der Waals surface area contributed by atoms with Crippen LogP contribution in [-0.4, -0.2) is 193 Å². The van der Waals surface area contributed by atoms with Crippen LogP contribution in [0.4, 0.5) is 0 Å². The molecule has 3 aliphatic rings. The molecule has 1 amide bonds. The summed E-state index contributed by atoms with van der Waals surface area (Å²) in [6.07, 6.45) is 63.6. The molecule has 17 unspecified atom stereocenters. The average molecular weight is 1450 g/mol. The molecule has 3 saturated heterocycles. The molecule has 0 spiro atoms. The zero-order valence-electron chi connectivity index (χ0n) is 62.7. The number of carbonyl (C=O) groups excluding carboxylic acids is 1. The fraction of sp³-hybridized carbons (Fsp3) is 0.702. The predicted molar refractivity (Wildman–Crippen MR) is 410 cm³/mol. The summed E-state index contributed by atoms with van der Waals surface area (Å²) in [5.41, 5.74) is 0. The minimum Gasteiger partial charge on any atom is -0.394 e. The van der Waals surface area contributed by atoms with Crippen molar-refractivity contribution < 1.29 is 89.4 Å². The molecule has 3 rings (SSSR count). The van der Waals surface area contributed by atoms with Crippen LogP contribution in [0.2, 0.25) is 0 Å². The fourth-order valence-corrected chi connectivity index (χ4v) is 12.4. The van der Waals surface area contributed by atoms with E-state index in [1.807, 2.05) is 0 Å². The molecular formula is C84H139NO18. The molecule has 588 valence electrons. The number of rotatable bonds is 60. The molecule has 0 saturated carbocycles. The lowest BCUT2D eigenvalue weighted by molar-refractivity contribution is -0.379. The molecular weight excluding hydrogens is 1310 g/mol. The van der Waals surface area contributed by atoms with Gasteiger partial charge in [-0.2, -0.15) is 0 Å². The summed E-state index contributed by atoms with van der Waals surface area (Å²) in [6, 6.07) is -0.923. The summed E-state index contributed by atoms with van der Waals surface area (Å²) >= 11 is 0. The molecule has 0 bridgehead atoms. The number of aliphatic hydroxyl groups excluding tert-OH is 11. The first-order valence-electron chi connectivity index (χ1n) is 39.6. The van der Waals surface area contributed by atoms with Crippen LogP contribution < -0.4 is 5.32 Å². The second kappa shape index (κ2) is 62.7. The number of amides is 1. The van der Waals surface area contributed by atoms with Gasteiger partial charge in [-0.15, -0.1) is 0 Å². The number of hydrogen-bond donors (Lipinski definition) is 12. The van der Waals surface area contributed by atoms with Gasteiger partial charge in [0.05, 0.1) is 38.6 Å². The molecule has 0 aromatic heterocycles. The smallest absolute Gasteiger partial charge is 0.220 e. The van der Waals surface area contributed by atoms with Crippen LogP contribution in [0, 0.1) is 0 Å². The Bertz CT molecular complexity index is 2430. The van der Waals surface area contributed by atoms with Crippen LogP contribution in [0.1, 0.15) is 245 Å². The van der Waals surface area contributed by atoms with Crippen LogP contribution in [0.5, 0.6) is 0 Å². The van der Waals surface area contributed by atoms with Gasteiger partial charge in [0.25, 0.3) is 0 Å². The number of allylic oxidation sites excluding steroid dienone is 24. The van der Waals surface area contributed by atoms with E-state index < -0.39 is 124 Å². The first-order chi connectivity index (χ1) is 50.3. The molecule has 0 aromatic carbocycles. The van der Waals surface area contributed by atoms with E-state index in [-0.39, 0.29) is 18.9 Å². The molecule has 17 atom stereocenters. The van der Waals surface area contributed by atoms with E-state index in [9.17, 15) is 61.0 Å². The minimum atomic E-state index is -1.98. The molecule has 3 heterocycles. The topological polar surface area (TPSA) is 307 Å². The van der Waals surface area contributed by atoms with Gasteiger partial charge in [-0.3, -0.25) is 4.79 Å². The third kappa shape index (κ3) is 42.7. The number of unbranched alkanes of at least 4 members (excludes halogenated alkanes) is 20. The second-order valence-corrected chi connectivity index (χ2v) is 27.4. The highest BCUT2D eigenvalue weighted by Crippen LogP contribution is 2.33. The highest BCUT2D eigenvalue weighted by molar-refractivity contribution is 5.76. The van der Waals surface area contributed by atoms with Gasteiger partial charge in [-0.05, 0) is 103 Å². The zero-order chi connectivity index (χ0) is 74.6. The van der Waals surface area contributed by atoms with E-state index in [1.165, 1.54) is 96.3 Å². The van der Waals surface area contributed by atoms with Gasteiger partial charge in [0, 0.05) is 6.42 Å². The molecule has 0 radical (unpaired) electrons. The lowest BCUT2D eigenvalue weighted by Crippen LogP contribution is -2.66. The number of aliphatic hydroxyl groups is 11. The summed E-state index contributed by atoms with van der Waals surface area (Å²) in [6.45, 7) is 1.65. The van der Waals surface area contributed by atoms with Gasteiger partial charge in [0.2, 0.25) is 5.91 Å². The van der Waals surface area contributed by atoms with E-state index in [0.717, 1.165) is 109 Å². The van der Waals surface area contributed by atoms with Gasteiger partial charge in [-0.1, -0.05) is 282 Å². The van der Waals surface area contributed by atoms with E-state index in [4.69, 9.17) is 28.4 Å².